The van der Waals surface area contributed by atoms with Gasteiger partial charge in [0, 0.05) is 24.5 Å². The molecule has 0 unspecified atom stereocenters. The number of halogens is 1. The first-order chi connectivity index (χ1) is 6.84. The molecule has 1 aliphatic carbocycles. The summed E-state index contributed by atoms with van der Waals surface area (Å²) in [4.78, 5) is 6.98. The van der Waals surface area contributed by atoms with Crippen LogP contribution in [-0.2, 0) is 6.54 Å². The van der Waals surface area contributed by atoms with Crippen LogP contribution in [-0.4, -0.2) is 22.2 Å². The van der Waals surface area contributed by atoms with E-state index < -0.39 is 6.17 Å². The molecular formula is C10H16FN3. The molecule has 14 heavy (non-hydrogen) atoms. The standard InChI is InChI=1S/C10H16FN3/c11-8-1-3-9(4-2-8)13-6-10-5-12-7-14-10/h5,7-9,13H,1-4,6H2,(H,12,14). The predicted molar refractivity (Wildman–Crippen MR) is 52.6 cm³/mol. The van der Waals surface area contributed by atoms with Gasteiger partial charge in [-0.3, -0.25) is 0 Å². The number of hydrogen-bond donors (Lipinski definition) is 2. The number of hydrogen-bond acceptors (Lipinski definition) is 2. The smallest absolute Gasteiger partial charge is 0.100 e. The van der Waals surface area contributed by atoms with Crippen molar-refractivity contribution in [2.24, 2.45) is 0 Å². The first-order valence-corrected chi connectivity index (χ1v) is 5.19. The maximum atomic E-state index is 12.8. The second kappa shape index (κ2) is 4.55. The Bertz CT molecular complexity index is 252. The van der Waals surface area contributed by atoms with Crippen LogP contribution in [0.4, 0.5) is 4.39 Å². The highest BCUT2D eigenvalue weighted by Crippen LogP contribution is 2.20. The Morgan fingerprint density at radius 3 is 2.86 bits per heavy atom. The van der Waals surface area contributed by atoms with Crippen LogP contribution in [0.15, 0.2) is 12.5 Å². The Hall–Kier alpha value is -0.900. The van der Waals surface area contributed by atoms with E-state index in [1.807, 2.05) is 6.20 Å². The highest BCUT2D eigenvalue weighted by Gasteiger charge is 2.19. The normalized spacial score (nSPS) is 27.8. The third-order valence-corrected chi connectivity index (χ3v) is 2.79. The Morgan fingerprint density at radius 1 is 1.43 bits per heavy atom. The minimum absolute atomic E-state index is 0.477. The molecule has 0 atom stereocenters. The predicted octanol–water partition coefficient (Wildman–Crippen LogP) is 1.78. The summed E-state index contributed by atoms with van der Waals surface area (Å²) in [5, 5.41) is 3.41. The monoisotopic (exact) mass is 197 g/mol. The molecule has 2 N–H and O–H groups in total. The summed E-state index contributed by atoms with van der Waals surface area (Å²) in [5.41, 5.74) is 1.09. The van der Waals surface area contributed by atoms with Crippen molar-refractivity contribution in [1.82, 2.24) is 15.3 Å². The molecule has 1 aliphatic rings. The lowest BCUT2D eigenvalue weighted by Gasteiger charge is -2.24. The molecule has 0 radical (unpaired) electrons. The van der Waals surface area contributed by atoms with Crippen molar-refractivity contribution in [1.29, 1.82) is 0 Å². The molecule has 0 amide bonds. The summed E-state index contributed by atoms with van der Waals surface area (Å²) in [6.45, 7) is 0.807. The molecule has 1 aromatic heterocycles. The van der Waals surface area contributed by atoms with E-state index in [9.17, 15) is 4.39 Å². The Labute approximate surface area is 83.1 Å². The molecular weight excluding hydrogens is 181 g/mol. The van der Waals surface area contributed by atoms with Crippen molar-refractivity contribution in [3.63, 3.8) is 0 Å². The first-order valence-electron chi connectivity index (χ1n) is 5.19. The van der Waals surface area contributed by atoms with Crippen molar-refractivity contribution in [3.05, 3.63) is 18.2 Å². The number of aromatic nitrogens is 2. The fourth-order valence-electron chi connectivity index (χ4n) is 1.89. The number of rotatable bonds is 3. The third kappa shape index (κ3) is 2.54. The Kier molecular flexibility index (Phi) is 3.14. The Balaban J connectivity index is 1.71. The quantitative estimate of drug-likeness (QED) is 0.775. The van der Waals surface area contributed by atoms with Crippen LogP contribution >= 0.6 is 0 Å². The van der Waals surface area contributed by atoms with Crippen LogP contribution in [0, 0.1) is 0 Å². The zero-order valence-electron chi connectivity index (χ0n) is 8.17. The SMILES string of the molecule is FC1CCC(NCc2cnc[nH]2)CC1. The third-order valence-electron chi connectivity index (χ3n) is 2.79. The van der Waals surface area contributed by atoms with Crippen LogP contribution in [0.5, 0.6) is 0 Å². The van der Waals surface area contributed by atoms with E-state index in [0.717, 1.165) is 25.1 Å². The summed E-state index contributed by atoms with van der Waals surface area (Å²) < 4.78 is 12.8. The van der Waals surface area contributed by atoms with Crippen molar-refractivity contribution in [3.8, 4) is 0 Å². The van der Waals surface area contributed by atoms with Gasteiger partial charge < -0.3 is 10.3 Å². The van der Waals surface area contributed by atoms with Gasteiger partial charge in [-0.15, -0.1) is 0 Å². The molecule has 0 spiro atoms. The minimum atomic E-state index is -0.569. The minimum Gasteiger partial charge on any atom is -0.347 e. The lowest BCUT2D eigenvalue weighted by atomic mass is 9.94. The average molecular weight is 197 g/mol. The van der Waals surface area contributed by atoms with Crippen LogP contribution in [0.3, 0.4) is 0 Å². The largest absolute Gasteiger partial charge is 0.347 e. The molecule has 2 rings (SSSR count). The number of aromatic amines is 1. The summed E-state index contributed by atoms with van der Waals surface area (Å²) in [7, 11) is 0. The van der Waals surface area contributed by atoms with Crippen molar-refractivity contribution >= 4 is 0 Å². The molecule has 0 aromatic carbocycles. The number of nitrogens with zero attached hydrogens (tertiary/aromatic N) is 1. The lowest BCUT2D eigenvalue weighted by molar-refractivity contribution is 0.219. The number of H-pyrrole nitrogens is 1. The van der Waals surface area contributed by atoms with Gasteiger partial charge in [0.1, 0.15) is 6.17 Å². The van der Waals surface area contributed by atoms with E-state index in [2.05, 4.69) is 15.3 Å². The fraction of sp³-hybridized carbons (Fsp3) is 0.700. The zero-order valence-corrected chi connectivity index (χ0v) is 8.17. The van der Waals surface area contributed by atoms with Crippen LogP contribution in [0.2, 0.25) is 0 Å². The van der Waals surface area contributed by atoms with E-state index >= 15 is 0 Å². The topological polar surface area (TPSA) is 40.7 Å². The van der Waals surface area contributed by atoms with Crippen LogP contribution in [0.25, 0.3) is 0 Å². The summed E-state index contributed by atoms with van der Waals surface area (Å²) in [6.07, 6.45) is 6.25. The van der Waals surface area contributed by atoms with E-state index in [1.165, 1.54) is 0 Å². The zero-order chi connectivity index (χ0) is 9.80. The maximum Gasteiger partial charge on any atom is 0.100 e. The first kappa shape index (κ1) is 9.65. The van der Waals surface area contributed by atoms with Gasteiger partial charge in [0.05, 0.1) is 6.33 Å². The van der Waals surface area contributed by atoms with Crippen LogP contribution in [0.1, 0.15) is 31.4 Å². The van der Waals surface area contributed by atoms with Crippen molar-refractivity contribution in [2.45, 2.75) is 44.4 Å². The summed E-state index contributed by atoms with van der Waals surface area (Å²) >= 11 is 0. The van der Waals surface area contributed by atoms with Crippen molar-refractivity contribution < 1.29 is 4.39 Å². The van der Waals surface area contributed by atoms with Crippen LogP contribution < -0.4 is 5.32 Å². The number of alkyl halides is 1. The molecule has 78 valence electrons. The van der Waals surface area contributed by atoms with E-state index in [0.29, 0.717) is 18.9 Å². The van der Waals surface area contributed by atoms with Gasteiger partial charge in [0.15, 0.2) is 0 Å². The number of imidazole rings is 1. The molecule has 1 saturated carbocycles. The van der Waals surface area contributed by atoms with Gasteiger partial charge in [0.2, 0.25) is 0 Å². The summed E-state index contributed by atoms with van der Waals surface area (Å²) in [5.74, 6) is 0. The second-order valence-electron chi connectivity index (χ2n) is 3.91. The maximum absolute atomic E-state index is 12.8. The molecule has 1 aromatic rings. The van der Waals surface area contributed by atoms with Gasteiger partial charge in [-0.2, -0.15) is 0 Å². The molecule has 3 nitrogen and oxygen atoms in total. The van der Waals surface area contributed by atoms with Gasteiger partial charge in [-0.1, -0.05) is 0 Å². The molecule has 0 bridgehead atoms. The molecule has 1 fully saturated rings. The molecule has 1 heterocycles. The lowest BCUT2D eigenvalue weighted by Crippen LogP contribution is -2.33. The highest BCUT2D eigenvalue weighted by atomic mass is 19.1. The fourth-order valence-corrected chi connectivity index (χ4v) is 1.89. The van der Waals surface area contributed by atoms with E-state index in [1.54, 1.807) is 6.33 Å². The molecule has 4 heteroatoms. The second-order valence-corrected chi connectivity index (χ2v) is 3.91. The van der Waals surface area contributed by atoms with Crippen molar-refractivity contribution in [2.75, 3.05) is 0 Å². The van der Waals surface area contributed by atoms with Gasteiger partial charge in [-0.05, 0) is 25.7 Å². The van der Waals surface area contributed by atoms with Gasteiger partial charge >= 0.3 is 0 Å². The van der Waals surface area contributed by atoms with Gasteiger partial charge in [0.25, 0.3) is 0 Å². The summed E-state index contributed by atoms with van der Waals surface area (Å²) in [6, 6.07) is 0.477. The van der Waals surface area contributed by atoms with E-state index in [4.69, 9.17) is 0 Å². The highest BCUT2D eigenvalue weighted by molar-refractivity contribution is 4.94. The van der Waals surface area contributed by atoms with Gasteiger partial charge in [-0.25, -0.2) is 9.37 Å². The molecule has 0 saturated heterocycles. The number of nitrogens with one attached hydrogen (secondary N) is 2. The molecule has 0 aliphatic heterocycles. The average Bonchev–Trinajstić information content (AvgIpc) is 2.70. The Morgan fingerprint density at radius 2 is 2.21 bits per heavy atom. The van der Waals surface area contributed by atoms with E-state index in [-0.39, 0.29) is 0 Å².